The van der Waals surface area contributed by atoms with Crippen molar-refractivity contribution >= 4 is 39.5 Å². The molecule has 17 nitrogen and oxygen atoms in total. The van der Waals surface area contributed by atoms with Gasteiger partial charge in [0.15, 0.2) is 12.2 Å². The highest BCUT2D eigenvalue weighted by Gasteiger charge is 2.30. The average Bonchev–Trinajstić information content (AvgIpc) is 3.40. The van der Waals surface area contributed by atoms with Gasteiger partial charge in [-0.15, -0.1) is 0 Å². The van der Waals surface area contributed by atoms with E-state index < -0.39 is 97.5 Å². The number of hydrogen-bond donors (Lipinski definition) is 3. The summed E-state index contributed by atoms with van der Waals surface area (Å²) in [7, 11) is -9.86. The van der Waals surface area contributed by atoms with Crippen molar-refractivity contribution in [2.75, 3.05) is 39.6 Å². The lowest BCUT2D eigenvalue weighted by molar-refractivity contribution is -0.161. The van der Waals surface area contributed by atoms with Crippen LogP contribution in [0.1, 0.15) is 291 Å². The van der Waals surface area contributed by atoms with Crippen LogP contribution in [0.2, 0.25) is 0 Å². The molecule has 3 N–H and O–H groups in total. The van der Waals surface area contributed by atoms with E-state index in [9.17, 15) is 43.2 Å². The molecule has 0 aromatic rings. The zero-order valence-electron chi connectivity index (χ0n) is 49.8. The van der Waals surface area contributed by atoms with Crippen molar-refractivity contribution in [1.82, 2.24) is 0 Å². The Hall–Kier alpha value is -1.94. The number of carbonyl (C=O) groups is 4. The van der Waals surface area contributed by atoms with Gasteiger partial charge in [0.2, 0.25) is 0 Å². The smallest absolute Gasteiger partial charge is 0.462 e. The van der Waals surface area contributed by atoms with Crippen LogP contribution in [0.15, 0.2) is 0 Å². The fourth-order valence-electron chi connectivity index (χ4n) is 8.70. The summed E-state index contributed by atoms with van der Waals surface area (Å²) in [6.45, 7) is 7.01. The lowest BCUT2D eigenvalue weighted by Gasteiger charge is -2.21. The topological polar surface area (TPSA) is 237 Å². The summed E-state index contributed by atoms with van der Waals surface area (Å²) in [6.07, 6.45) is 35.2. The minimum absolute atomic E-state index is 0.104. The Morgan fingerprint density at radius 2 is 0.590 bits per heavy atom. The van der Waals surface area contributed by atoms with Gasteiger partial charge in [-0.1, -0.05) is 240 Å². The van der Waals surface area contributed by atoms with E-state index in [1.807, 2.05) is 0 Å². The molecule has 0 fully saturated rings. The number of rotatable bonds is 59. The van der Waals surface area contributed by atoms with Crippen molar-refractivity contribution in [3.63, 3.8) is 0 Å². The highest BCUT2D eigenvalue weighted by atomic mass is 31.2. The van der Waals surface area contributed by atoms with E-state index in [4.69, 9.17) is 37.0 Å². The predicted molar refractivity (Wildman–Crippen MR) is 308 cm³/mol. The van der Waals surface area contributed by atoms with Gasteiger partial charge in [0, 0.05) is 25.7 Å². The fraction of sp³-hybridized carbons (Fsp3) is 0.932. The van der Waals surface area contributed by atoms with Gasteiger partial charge in [0.1, 0.15) is 19.3 Å². The monoisotopic (exact) mass is 1160 g/mol. The molecule has 0 saturated heterocycles. The molecule has 0 saturated carbocycles. The first kappa shape index (κ1) is 76.1. The van der Waals surface area contributed by atoms with Crippen LogP contribution in [0.3, 0.4) is 0 Å². The summed E-state index contributed by atoms with van der Waals surface area (Å²) in [6, 6.07) is 0. The second-order valence-corrected chi connectivity index (χ2v) is 24.8. The van der Waals surface area contributed by atoms with Gasteiger partial charge in [-0.25, -0.2) is 9.13 Å². The van der Waals surface area contributed by atoms with Gasteiger partial charge < -0.3 is 33.8 Å². The third-order valence-corrected chi connectivity index (χ3v) is 15.4. The maximum Gasteiger partial charge on any atom is 0.472 e. The Balaban J connectivity index is 5.17. The van der Waals surface area contributed by atoms with Crippen molar-refractivity contribution < 1.29 is 80.2 Å². The van der Waals surface area contributed by atoms with Crippen LogP contribution in [0.25, 0.3) is 0 Å². The molecule has 0 aliphatic rings. The molecule has 78 heavy (non-hydrogen) atoms. The number of carbonyl (C=O) groups excluding carboxylic acids is 4. The van der Waals surface area contributed by atoms with Crippen LogP contribution in [0.4, 0.5) is 0 Å². The molecule has 0 bridgehead atoms. The second kappa shape index (κ2) is 53.1. The maximum absolute atomic E-state index is 12.9. The van der Waals surface area contributed by atoms with Crippen molar-refractivity contribution in [2.45, 2.75) is 310 Å². The average molecular weight is 1160 g/mol. The van der Waals surface area contributed by atoms with Gasteiger partial charge in [-0.3, -0.25) is 37.3 Å². The van der Waals surface area contributed by atoms with E-state index >= 15 is 0 Å². The quantitative estimate of drug-likeness (QED) is 0.0222. The van der Waals surface area contributed by atoms with Crippen LogP contribution in [-0.2, 0) is 65.4 Å². The van der Waals surface area contributed by atoms with Gasteiger partial charge in [0.25, 0.3) is 0 Å². The molecule has 0 spiro atoms. The van der Waals surface area contributed by atoms with E-state index in [-0.39, 0.29) is 25.7 Å². The van der Waals surface area contributed by atoms with Gasteiger partial charge in [0.05, 0.1) is 26.4 Å². The molecule has 0 aromatic carbocycles. The highest BCUT2D eigenvalue weighted by molar-refractivity contribution is 7.47. The van der Waals surface area contributed by atoms with Crippen LogP contribution in [0, 0.1) is 5.92 Å². The number of phosphoric acid groups is 2. The molecule has 0 rings (SSSR count). The molecule has 19 heteroatoms. The Labute approximate surface area is 473 Å². The van der Waals surface area contributed by atoms with Crippen LogP contribution in [0.5, 0.6) is 0 Å². The fourth-order valence-corrected chi connectivity index (χ4v) is 10.3. The number of hydrogen-bond acceptors (Lipinski definition) is 15. The first-order chi connectivity index (χ1) is 37.5. The van der Waals surface area contributed by atoms with Crippen molar-refractivity contribution in [3.8, 4) is 0 Å². The molecule has 5 atom stereocenters. The molecule has 0 aromatic heterocycles. The molecule has 0 amide bonds. The summed E-state index contributed by atoms with van der Waals surface area (Å²) in [4.78, 5) is 71.6. The third-order valence-electron chi connectivity index (χ3n) is 13.5. The van der Waals surface area contributed by atoms with Crippen molar-refractivity contribution in [3.05, 3.63) is 0 Å². The molecule has 0 heterocycles. The third kappa shape index (κ3) is 53.4. The molecule has 462 valence electrons. The molecule has 0 aliphatic carbocycles. The van der Waals surface area contributed by atoms with E-state index in [2.05, 4.69) is 34.6 Å². The highest BCUT2D eigenvalue weighted by Crippen LogP contribution is 2.45. The SMILES string of the molecule is CCCCCCCCCCCCCCCCC(=O)O[C@H](COC(=O)CCCCCCCCCCC(C)C)COP(=O)(O)OC[C@@H](O)COP(=O)(O)OC[C@@H](COC(=O)CCCCCCC)OC(=O)CCCCCCCCCC. The Kier molecular flexibility index (Phi) is 51.8. The largest absolute Gasteiger partial charge is 0.472 e. The van der Waals surface area contributed by atoms with Crippen molar-refractivity contribution in [1.29, 1.82) is 0 Å². The summed E-state index contributed by atoms with van der Waals surface area (Å²) in [5, 5.41) is 10.5. The lowest BCUT2D eigenvalue weighted by Crippen LogP contribution is -2.30. The molecule has 2 unspecified atom stereocenters. The standard InChI is InChI=1S/C59H114O17P2/c1-6-9-12-15-17-19-20-21-22-23-24-30-35-40-45-59(64)76-55(49-70-57(62)43-38-33-29-26-25-27-32-36-41-52(4)5)51-74-78(67,68)72-47-53(60)46-71-77(65,66)73-50-54(48-69-56(61)42-37-31-14-11-8-3)75-58(63)44-39-34-28-18-16-13-10-7-2/h52-55,60H,6-51H2,1-5H3,(H,65,66)(H,67,68)/t53-,54+,55+/m0/s1. The maximum atomic E-state index is 12.9. The minimum atomic E-state index is -4.94. The Morgan fingerprint density at radius 1 is 0.346 bits per heavy atom. The Bertz CT molecular complexity index is 1530. The van der Waals surface area contributed by atoms with Gasteiger partial charge >= 0.3 is 39.5 Å². The van der Waals surface area contributed by atoms with E-state index in [0.29, 0.717) is 25.7 Å². The zero-order valence-corrected chi connectivity index (χ0v) is 51.6. The number of aliphatic hydroxyl groups is 1. The zero-order chi connectivity index (χ0) is 57.8. The first-order valence-corrected chi connectivity index (χ1v) is 34.1. The normalized spacial score (nSPS) is 14.4. The van der Waals surface area contributed by atoms with Crippen LogP contribution < -0.4 is 0 Å². The summed E-state index contributed by atoms with van der Waals surface area (Å²) in [5.74, 6) is -1.43. The van der Waals surface area contributed by atoms with Crippen molar-refractivity contribution in [2.24, 2.45) is 5.92 Å². The van der Waals surface area contributed by atoms with Gasteiger partial charge in [-0.2, -0.15) is 0 Å². The van der Waals surface area contributed by atoms with E-state index in [0.717, 1.165) is 109 Å². The predicted octanol–water partition coefficient (Wildman–Crippen LogP) is 15.8. The second-order valence-electron chi connectivity index (χ2n) is 21.9. The van der Waals surface area contributed by atoms with Crippen LogP contribution in [-0.4, -0.2) is 96.7 Å². The van der Waals surface area contributed by atoms with Crippen LogP contribution >= 0.6 is 15.6 Å². The van der Waals surface area contributed by atoms with E-state index in [1.54, 1.807) is 0 Å². The number of ether oxygens (including phenoxy) is 4. The molecule has 0 radical (unpaired) electrons. The van der Waals surface area contributed by atoms with E-state index in [1.165, 1.54) is 103 Å². The summed E-state index contributed by atoms with van der Waals surface area (Å²) in [5.41, 5.74) is 0. The number of esters is 4. The summed E-state index contributed by atoms with van der Waals surface area (Å²) >= 11 is 0. The molecular formula is C59H114O17P2. The number of aliphatic hydroxyl groups excluding tert-OH is 1. The first-order valence-electron chi connectivity index (χ1n) is 31.1. The molecular weight excluding hydrogens is 1040 g/mol. The molecule has 0 aliphatic heterocycles. The minimum Gasteiger partial charge on any atom is -0.462 e. The Morgan fingerprint density at radius 3 is 0.872 bits per heavy atom. The number of phosphoric ester groups is 2. The lowest BCUT2D eigenvalue weighted by atomic mass is 10.0. The summed E-state index contributed by atoms with van der Waals surface area (Å²) < 4.78 is 67.5. The van der Waals surface area contributed by atoms with Gasteiger partial charge in [-0.05, 0) is 31.6 Å². The number of unbranched alkanes of at least 4 members (excludes halogenated alkanes) is 31.